The standard InChI is InChI=1S/C15H27NO5/c1-8(2)10(17)6-9-11(18)12(19)14(3,4)20-13(9)21-15(5)7-16-15/h8-9,11-13,16,18-19H,6-7H2,1-5H3/t9-,11+,12-,13-,15?/m0/s1. The van der Waals surface area contributed by atoms with E-state index in [0.29, 0.717) is 6.54 Å². The van der Waals surface area contributed by atoms with Crippen molar-refractivity contribution in [1.82, 2.24) is 5.32 Å². The third kappa shape index (κ3) is 3.63. The smallest absolute Gasteiger partial charge is 0.166 e. The molecule has 6 nitrogen and oxygen atoms in total. The molecule has 0 aromatic carbocycles. The summed E-state index contributed by atoms with van der Waals surface area (Å²) in [5.41, 5.74) is -1.39. The average Bonchev–Trinajstić information content (AvgIpc) is 3.08. The van der Waals surface area contributed by atoms with Crippen molar-refractivity contribution < 1.29 is 24.5 Å². The molecule has 2 saturated heterocycles. The zero-order chi connectivity index (χ0) is 16.0. The Morgan fingerprint density at radius 2 is 1.95 bits per heavy atom. The first-order valence-corrected chi connectivity index (χ1v) is 7.55. The normalized spacial score (nSPS) is 42.1. The van der Waals surface area contributed by atoms with Crippen molar-refractivity contribution >= 4 is 5.78 Å². The molecular weight excluding hydrogens is 274 g/mol. The maximum Gasteiger partial charge on any atom is 0.166 e. The Morgan fingerprint density at radius 1 is 1.38 bits per heavy atom. The zero-order valence-electron chi connectivity index (χ0n) is 13.4. The van der Waals surface area contributed by atoms with E-state index in [1.807, 2.05) is 20.8 Å². The summed E-state index contributed by atoms with van der Waals surface area (Å²) < 4.78 is 11.7. The quantitative estimate of drug-likeness (QED) is 0.636. The van der Waals surface area contributed by atoms with Crippen LogP contribution in [0.2, 0.25) is 0 Å². The van der Waals surface area contributed by atoms with Crippen LogP contribution in [0.4, 0.5) is 0 Å². The van der Waals surface area contributed by atoms with E-state index in [9.17, 15) is 15.0 Å². The first-order chi connectivity index (χ1) is 9.56. The molecular formula is C15H27NO5. The monoisotopic (exact) mass is 301 g/mol. The van der Waals surface area contributed by atoms with Gasteiger partial charge in [0.25, 0.3) is 0 Å². The van der Waals surface area contributed by atoms with Crippen LogP contribution in [0.1, 0.15) is 41.0 Å². The molecule has 1 unspecified atom stereocenters. The van der Waals surface area contributed by atoms with Crippen LogP contribution in [0, 0.1) is 11.8 Å². The highest BCUT2D eigenvalue weighted by Crippen LogP contribution is 2.38. The molecule has 21 heavy (non-hydrogen) atoms. The zero-order valence-corrected chi connectivity index (χ0v) is 13.4. The second-order valence-corrected chi connectivity index (χ2v) is 7.22. The lowest BCUT2D eigenvalue weighted by atomic mass is 9.81. The van der Waals surface area contributed by atoms with Gasteiger partial charge in [0.1, 0.15) is 17.6 Å². The molecule has 2 aliphatic rings. The fraction of sp³-hybridized carbons (Fsp3) is 0.933. The minimum absolute atomic E-state index is 0.0251. The Bertz CT molecular complexity index is 405. The molecule has 2 rings (SSSR count). The van der Waals surface area contributed by atoms with Crippen molar-refractivity contribution in [2.24, 2.45) is 11.8 Å². The third-order valence-electron chi connectivity index (χ3n) is 4.38. The van der Waals surface area contributed by atoms with E-state index < -0.39 is 35.7 Å². The van der Waals surface area contributed by atoms with Crippen LogP contribution in [-0.4, -0.2) is 52.4 Å². The van der Waals surface area contributed by atoms with Gasteiger partial charge in [0.05, 0.1) is 11.7 Å². The molecule has 0 aromatic heterocycles. The number of nitrogens with one attached hydrogen (secondary N) is 1. The van der Waals surface area contributed by atoms with Gasteiger partial charge in [0.2, 0.25) is 0 Å². The van der Waals surface area contributed by atoms with Gasteiger partial charge in [-0.1, -0.05) is 13.8 Å². The lowest BCUT2D eigenvalue weighted by Crippen LogP contribution is -2.61. The summed E-state index contributed by atoms with van der Waals surface area (Å²) in [6.07, 6.45) is -2.70. The highest BCUT2D eigenvalue weighted by Gasteiger charge is 2.53. The van der Waals surface area contributed by atoms with Crippen LogP contribution in [0.5, 0.6) is 0 Å². The van der Waals surface area contributed by atoms with Crippen molar-refractivity contribution in [1.29, 1.82) is 0 Å². The van der Waals surface area contributed by atoms with E-state index in [0.717, 1.165) is 0 Å². The van der Waals surface area contributed by atoms with Gasteiger partial charge in [-0.2, -0.15) is 0 Å². The fourth-order valence-corrected chi connectivity index (χ4v) is 2.52. The third-order valence-corrected chi connectivity index (χ3v) is 4.38. The van der Waals surface area contributed by atoms with E-state index >= 15 is 0 Å². The van der Waals surface area contributed by atoms with Gasteiger partial charge in [-0.15, -0.1) is 0 Å². The Labute approximate surface area is 125 Å². The molecule has 2 aliphatic heterocycles. The van der Waals surface area contributed by atoms with Crippen LogP contribution in [0.25, 0.3) is 0 Å². The Morgan fingerprint density at radius 3 is 2.43 bits per heavy atom. The molecule has 5 atom stereocenters. The number of carbonyl (C=O) groups excluding carboxylic acids is 1. The Balaban J connectivity index is 2.16. The summed E-state index contributed by atoms with van der Waals surface area (Å²) in [5.74, 6) is -0.668. The molecule has 0 aromatic rings. The number of ether oxygens (including phenoxy) is 2. The number of hydrogen-bond acceptors (Lipinski definition) is 6. The first-order valence-electron chi connectivity index (χ1n) is 7.55. The second-order valence-electron chi connectivity index (χ2n) is 7.22. The van der Waals surface area contributed by atoms with Crippen molar-refractivity contribution in [3.8, 4) is 0 Å². The molecule has 0 spiro atoms. The summed E-state index contributed by atoms with van der Waals surface area (Å²) in [7, 11) is 0. The molecule has 3 N–H and O–H groups in total. The van der Waals surface area contributed by atoms with E-state index in [1.54, 1.807) is 13.8 Å². The highest BCUT2D eigenvalue weighted by atomic mass is 16.7. The Hall–Kier alpha value is -0.530. The lowest BCUT2D eigenvalue weighted by Gasteiger charge is -2.47. The largest absolute Gasteiger partial charge is 0.390 e. The van der Waals surface area contributed by atoms with Crippen LogP contribution < -0.4 is 5.32 Å². The molecule has 2 fully saturated rings. The maximum atomic E-state index is 12.0. The molecule has 2 heterocycles. The van der Waals surface area contributed by atoms with Crippen LogP contribution >= 0.6 is 0 Å². The predicted molar refractivity (Wildman–Crippen MR) is 76.4 cm³/mol. The van der Waals surface area contributed by atoms with Crippen molar-refractivity contribution in [3.63, 3.8) is 0 Å². The number of aliphatic hydroxyl groups excluding tert-OH is 2. The van der Waals surface area contributed by atoms with Crippen molar-refractivity contribution in [2.45, 2.75) is 70.9 Å². The molecule has 0 bridgehead atoms. The number of rotatable bonds is 5. The predicted octanol–water partition coefficient (Wildman–Crippen LogP) is 0.410. The first kappa shape index (κ1) is 16.8. The van der Waals surface area contributed by atoms with Crippen LogP contribution in [-0.2, 0) is 14.3 Å². The minimum Gasteiger partial charge on any atom is -0.390 e. The summed E-state index contributed by atoms with van der Waals surface area (Å²) in [6.45, 7) is 9.65. The molecule has 0 aliphatic carbocycles. The summed E-state index contributed by atoms with van der Waals surface area (Å²) in [6, 6.07) is 0. The van der Waals surface area contributed by atoms with Gasteiger partial charge in [0, 0.05) is 24.8 Å². The van der Waals surface area contributed by atoms with Gasteiger partial charge >= 0.3 is 0 Å². The number of carbonyl (C=O) groups is 1. The molecule has 6 heteroatoms. The minimum atomic E-state index is -1.05. The van der Waals surface area contributed by atoms with Crippen molar-refractivity contribution in [3.05, 3.63) is 0 Å². The van der Waals surface area contributed by atoms with Gasteiger partial charge in [-0.05, 0) is 20.8 Å². The topological polar surface area (TPSA) is 97.9 Å². The second kappa shape index (κ2) is 5.59. The number of hydrogen-bond donors (Lipinski definition) is 3. The molecule has 0 radical (unpaired) electrons. The number of Topliss-reactive ketones (excluding diaryl/α,β-unsaturated/α-hetero) is 1. The van der Waals surface area contributed by atoms with Gasteiger partial charge in [-0.25, -0.2) is 0 Å². The molecule has 122 valence electrons. The summed E-state index contributed by atoms with van der Waals surface area (Å²) in [5, 5.41) is 23.7. The van der Waals surface area contributed by atoms with E-state index in [4.69, 9.17) is 9.47 Å². The number of aliphatic hydroxyl groups is 2. The fourth-order valence-electron chi connectivity index (χ4n) is 2.52. The number of ketones is 1. The van der Waals surface area contributed by atoms with Crippen LogP contribution in [0.15, 0.2) is 0 Å². The lowest BCUT2D eigenvalue weighted by molar-refractivity contribution is -0.322. The van der Waals surface area contributed by atoms with E-state index in [2.05, 4.69) is 5.32 Å². The van der Waals surface area contributed by atoms with Crippen LogP contribution in [0.3, 0.4) is 0 Å². The SMILES string of the molecule is CC(C)C(=O)C[C@@H]1[C@H](OC2(C)CN2)OC(C)(C)[C@@H](O)[C@@H]1O. The molecule has 0 amide bonds. The summed E-state index contributed by atoms with van der Waals surface area (Å²) in [4.78, 5) is 12.0. The van der Waals surface area contributed by atoms with E-state index in [-0.39, 0.29) is 18.1 Å². The average molecular weight is 301 g/mol. The summed E-state index contributed by atoms with van der Waals surface area (Å²) >= 11 is 0. The Kier molecular flexibility index (Phi) is 4.48. The maximum absolute atomic E-state index is 12.0. The van der Waals surface area contributed by atoms with E-state index in [1.165, 1.54) is 0 Å². The van der Waals surface area contributed by atoms with Gasteiger partial charge in [-0.3, -0.25) is 10.1 Å². The van der Waals surface area contributed by atoms with Crippen molar-refractivity contribution in [2.75, 3.05) is 6.54 Å². The van der Waals surface area contributed by atoms with Gasteiger partial charge < -0.3 is 19.7 Å². The highest BCUT2D eigenvalue weighted by molar-refractivity contribution is 5.80. The van der Waals surface area contributed by atoms with Gasteiger partial charge in [0.15, 0.2) is 6.29 Å². The molecule has 0 saturated carbocycles.